The Hall–Kier alpha value is -1.89. The second-order valence-electron chi connectivity index (χ2n) is 7.19. The van der Waals surface area contributed by atoms with Crippen molar-refractivity contribution in [2.75, 3.05) is 20.8 Å². The SMILES string of the molecule is COC(=O)C1CC(SCc2ccc(OC)cc2)CN1C(=O)OC(C)(C)C. The molecule has 0 aliphatic carbocycles. The molecule has 2 rings (SSSR count). The molecule has 1 aromatic carbocycles. The third-order valence-electron chi connectivity index (χ3n) is 4.01. The molecule has 0 saturated carbocycles. The Balaban J connectivity index is 1.99. The van der Waals surface area contributed by atoms with Crippen molar-refractivity contribution in [3.63, 3.8) is 0 Å². The zero-order valence-electron chi connectivity index (χ0n) is 16.0. The molecule has 144 valence electrons. The number of amides is 1. The zero-order valence-corrected chi connectivity index (χ0v) is 16.8. The Labute approximate surface area is 159 Å². The Morgan fingerprint density at radius 1 is 1.19 bits per heavy atom. The van der Waals surface area contributed by atoms with Crippen molar-refractivity contribution in [3.8, 4) is 5.75 Å². The normalized spacial score (nSPS) is 20.0. The third kappa shape index (κ3) is 5.56. The van der Waals surface area contributed by atoms with E-state index >= 15 is 0 Å². The van der Waals surface area contributed by atoms with E-state index in [2.05, 4.69) is 0 Å². The molecule has 0 N–H and O–H groups in total. The van der Waals surface area contributed by atoms with Crippen LogP contribution in [0.15, 0.2) is 24.3 Å². The molecule has 2 atom stereocenters. The number of esters is 1. The van der Waals surface area contributed by atoms with Gasteiger partial charge in [0.05, 0.1) is 14.2 Å². The maximum Gasteiger partial charge on any atom is 0.411 e. The molecule has 0 aromatic heterocycles. The second-order valence-corrected chi connectivity index (χ2v) is 8.48. The summed E-state index contributed by atoms with van der Waals surface area (Å²) in [5.74, 6) is 1.22. The van der Waals surface area contributed by atoms with Crippen LogP contribution in [0.25, 0.3) is 0 Å². The van der Waals surface area contributed by atoms with Gasteiger partial charge in [-0.2, -0.15) is 11.8 Å². The number of hydrogen-bond acceptors (Lipinski definition) is 6. The minimum absolute atomic E-state index is 0.147. The Morgan fingerprint density at radius 3 is 2.38 bits per heavy atom. The summed E-state index contributed by atoms with van der Waals surface area (Å²) in [6, 6.07) is 7.29. The van der Waals surface area contributed by atoms with Gasteiger partial charge in [-0.1, -0.05) is 12.1 Å². The van der Waals surface area contributed by atoms with E-state index in [0.717, 1.165) is 11.5 Å². The minimum atomic E-state index is -0.605. The molecule has 2 unspecified atom stereocenters. The van der Waals surface area contributed by atoms with E-state index in [9.17, 15) is 9.59 Å². The topological polar surface area (TPSA) is 65.1 Å². The summed E-state index contributed by atoms with van der Waals surface area (Å²) in [4.78, 5) is 26.0. The van der Waals surface area contributed by atoms with Gasteiger partial charge < -0.3 is 14.2 Å². The lowest BCUT2D eigenvalue weighted by molar-refractivity contribution is -0.145. The highest BCUT2D eigenvalue weighted by Gasteiger charge is 2.42. The fourth-order valence-electron chi connectivity index (χ4n) is 2.74. The summed E-state index contributed by atoms with van der Waals surface area (Å²) < 4.78 is 15.5. The fourth-order valence-corrected chi connectivity index (χ4v) is 3.94. The lowest BCUT2D eigenvalue weighted by atomic mass is 10.2. The van der Waals surface area contributed by atoms with Crippen molar-refractivity contribution in [1.82, 2.24) is 4.90 Å². The molecule has 7 heteroatoms. The molecule has 1 aliphatic rings. The van der Waals surface area contributed by atoms with E-state index in [4.69, 9.17) is 14.2 Å². The van der Waals surface area contributed by atoms with Gasteiger partial charge in [-0.3, -0.25) is 4.90 Å². The van der Waals surface area contributed by atoms with E-state index < -0.39 is 23.7 Å². The highest BCUT2D eigenvalue weighted by atomic mass is 32.2. The number of methoxy groups -OCH3 is 2. The quantitative estimate of drug-likeness (QED) is 0.728. The zero-order chi connectivity index (χ0) is 19.3. The predicted molar refractivity (Wildman–Crippen MR) is 101 cm³/mol. The van der Waals surface area contributed by atoms with Gasteiger partial charge in [-0.25, -0.2) is 9.59 Å². The summed E-state index contributed by atoms with van der Waals surface area (Å²) in [5.41, 5.74) is 0.563. The van der Waals surface area contributed by atoms with Gasteiger partial charge in [-0.15, -0.1) is 0 Å². The van der Waals surface area contributed by atoms with Crippen molar-refractivity contribution in [2.24, 2.45) is 0 Å². The Bertz CT molecular complexity index is 626. The van der Waals surface area contributed by atoms with Crippen LogP contribution in [0.4, 0.5) is 4.79 Å². The van der Waals surface area contributed by atoms with E-state index in [0.29, 0.717) is 13.0 Å². The molecule has 1 aromatic rings. The summed E-state index contributed by atoms with van der Waals surface area (Å²) in [6.45, 7) is 5.90. The molecular formula is C19H27NO5S. The van der Waals surface area contributed by atoms with Crippen LogP contribution in [-0.2, 0) is 20.0 Å². The van der Waals surface area contributed by atoms with E-state index in [-0.39, 0.29) is 5.25 Å². The minimum Gasteiger partial charge on any atom is -0.497 e. The number of carbonyl (C=O) groups excluding carboxylic acids is 2. The second kappa shape index (κ2) is 8.66. The predicted octanol–water partition coefficient (Wildman–Crippen LogP) is 3.48. The third-order valence-corrected chi connectivity index (χ3v) is 5.32. The first kappa shape index (κ1) is 20.4. The average Bonchev–Trinajstić information content (AvgIpc) is 3.03. The van der Waals surface area contributed by atoms with Crippen molar-refractivity contribution in [1.29, 1.82) is 0 Å². The number of likely N-dealkylation sites (tertiary alicyclic amines) is 1. The molecule has 1 fully saturated rings. The van der Waals surface area contributed by atoms with Crippen LogP contribution in [0.2, 0.25) is 0 Å². The number of rotatable bonds is 5. The van der Waals surface area contributed by atoms with Crippen LogP contribution >= 0.6 is 11.8 Å². The molecule has 1 amide bonds. The summed E-state index contributed by atoms with van der Waals surface area (Å²) in [6.07, 6.45) is 0.0904. The lowest BCUT2D eigenvalue weighted by Gasteiger charge is -2.27. The van der Waals surface area contributed by atoms with E-state index in [1.807, 2.05) is 45.0 Å². The van der Waals surface area contributed by atoms with E-state index in [1.165, 1.54) is 17.6 Å². The van der Waals surface area contributed by atoms with Crippen LogP contribution in [0.3, 0.4) is 0 Å². The van der Waals surface area contributed by atoms with Gasteiger partial charge in [0.15, 0.2) is 0 Å². The smallest absolute Gasteiger partial charge is 0.411 e. The lowest BCUT2D eigenvalue weighted by Crippen LogP contribution is -2.43. The monoisotopic (exact) mass is 381 g/mol. The summed E-state index contributed by atoms with van der Waals surface area (Å²) in [5, 5.41) is 0.147. The molecule has 26 heavy (non-hydrogen) atoms. The first-order chi connectivity index (χ1) is 12.2. The highest BCUT2D eigenvalue weighted by Crippen LogP contribution is 2.32. The number of hydrogen-bond donors (Lipinski definition) is 0. The molecule has 0 spiro atoms. The average molecular weight is 381 g/mol. The Morgan fingerprint density at radius 2 is 1.85 bits per heavy atom. The number of benzene rings is 1. The first-order valence-electron chi connectivity index (χ1n) is 8.55. The van der Waals surface area contributed by atoms with Crippen molar-refractivity contribution < 1.29 is 23.8 Å². The standard InChI is InChI=1S/C19H27NO5S/c1-19(2,3)25-18(22)20-11-15(10-16(20)17(21)24-5)26-12-13-6-8-14(23-4)9-7-13/h6-9,15-16H,10-12H2,1-5H3. The Kier molecular flexibility index (Phi) is 6.81. The molecule has 1 aliphatic heterocycles. The van der Waals surface area contributed by atoms with Gasteiger partial charge in [0.1, 0.15) is 17.4 Å². The van der Waals surface area contributed by atoms with Crippen LogP contribution in [0, 0.1) is 0 Å². The molecule has 1 heterocycles. The van der Waals surface area contributed by atoms with Crippen molar-refractivity contribution in [3.05, 3.63) is 29.8 Å². The number of ether oxygens (including phenoxy) is 3. The van der Waals surface area contributed by atoms with Crippen molar-refractivity contribution in [2.45, 2.75) is 49.8 Å². The number of nitrogens with zero attached hydrogens (tertiary/aromatic N) is 1. The summed E-state index contributed by atoms with van der Waals surface area (Å²) >= 11 is 1.72. The first-order valence-corrected chi connectivity index (χ1v) is 9.60. The van der Waals surface area contributed by atoms with E-state index in [1.54, 1.807) is 18.9 Å². The van der Waals surface area contributed by atoms with Crippen LogP contribution in [0.5, 0.6) is 5.75 Å². The molecule has 6 nitrogen and oxygen atoms in total. The highest BCUT2D eigenvalue weighted by molar-refractivity contribution is 7.99. The number of thioether (sulfide) groups is 1. The van der Waals surface area contributed by atoms with Gasteiger partial charge >= 0.3 is 12.1 Å². The van der Waals surface area contributed by atoms with Gasteiger partial charge in [0, 0.05) is 17.5 Å². The van der Waals surface area contributed by atoms with Gasteiger partial charge in [-0.05, 0) is 44.9 Å². The fraction of sp³-hybridized carbons (Fsp3) is 0.579. The number of carbonyl (C=O) groups is 2. The molecular weight excluding hydrogens is 354 g/mol. The summed E-state index contributed by atoms with van der Waals surface area (Å²) in [7, 11) is 2.98. The van der Waals surface area contributed by atoms with Crippen LogP contribution in [-0.4, -0.2) is 54.6 Å². The van der Waals surface area contributed by atoms with Gasteiger partial charge in [0.2, 0.25) is 0 Å². The molecule has 1 saturated heterocycles. The molecule has 0 radical (unpaired) electrons. The van der Waals surface area contributed by atoms with Crippen LogP contribution < -0.4 is 4.74 Å². The van der Waals surface area contributed by atoms with Crippen LogP contribution in [0.1, 0.15) is 32.8 Å². The maximum atomic E-state index is 12.5. The molecule has 0 bridgehead atoms. The largest absolute Gasteiger partial charge is 0.497 e. The van der Waals surface area contributed by atoms with Crippen molar-refractivity contribution >= 4 is 23.8 Å². The van der Waals surface area contributed by atoms with Gasteiger partial charge in [0.25, 0.3) is 0 Å². The maximum absolute atomic E-state index is 12.5.